The van der Waals surface area contributed by atoms with E-state index in [9.17, 15) is 8.42 Å². The molecule has 4 rings (SSSR count). The Morgan fingerprint density at radius 1 is 0.897 bits per heavy atom. The molecular weight excluding hydrogens is 516 g/mol. The Hall–Kier alpha value is -1.93. The number of aromatic nitrogens is 1. The van der Waals surface area contributed by atoms with Gasteiger partial charge in [0.25, 0.3) is 0 Å². The van der Waals surface area contributed by atoms with Gasteiger partial charge in [0.15, 0.2) is 0 Å². The van der Waals surface area contributed by atoms with E-state index >= 15 is 0 Å². The van der Waals surface area contributed by atoms with E-state index in [4.69, 9.17) is 0 Å². The molecule has 1 aromatic heterocycles. The number of sulfonamides is 1. The molecule has 0 fully saturated rings. The Kier molecular flexibility index (Phi) is 5.66. The maximum Gasteiger partial charge on any atom is 0.241 e. The fourth-order valence-corrected chi connectivity index (χ4v) is 5.09. The molecule has 0 aliphatic rings. The highest BCUT2D eigenvalue weighted by Crippen LogP contribution is 2.32. The number of hydrogen-bond donors (Lipinski definition) is 2. The number of aromatic amines is 1. The predicted octanol–water partition coefficient (Wildman–Crippen LogP) is 6.07. The van der Waals surface area contributed by atoms with Gasteiger partial charge in [0.05, 0.1) is 10.9 Å². The first kappa shape index (κ1) is 20.3. The lowest BCUT2D eigenvalue weighted by atomic mass is 9.99. The van der Waals surface area contributed by atoms with Crippen LogP contribution in [0, 0.1) is 6.92 Å². The van der Waals surface area contributed by atoms with Crippen LogP contribution in [-0.2, 0) is 10.0 Å². The molecule has 0 saturated heterocycles. The highest BCUT2D eigenvalue weighted by Gasteiger charge is 2.25. The number of fused-ring (bicyclic) bond motifs is 1. The van der Waals surface area contributed by atoms with Crippen LogP contribution in [0.25, 0.3) is 10.9 Å². The monoisotopic (exact) mass is 532 g/mol. The molecule has 1 heterocycles. The summed E-state index contributed by atoms with van der Waals surface area (Å²) in [6.07, 6.45) is 1.86. The molecule has 29 heavy (non-hydrogen) atoms. The van der Waals surface area contributed by atoms with Crippen molar-refractivity contribution in [3.8, 4) is 0 Å². The zero-order chi connectivity index (χ0) is 20.6. The van der Waals surface area contributed by atoms with Gasteiger partial charge in [-0.25, -0.2) is 8.42 Å². The topological polar surface area (TPSA) is 62.0 Å². The molecule has 0 amide bonds. The normalized spacial score (nSPS) is 12.9. The fraction of sp³-hybridized carbons (Fsp3) is 0.0909. The van der Waals surface area contributed by atoms with Crippen molar-refractivity contribution in [3.63, 3.8) is 0 Å². The Bertz CT molecular complexity index is 1260. The highest BCUT2D eigenvalue weighted by atomic mass is 79.9. The Labute approximate surface area is 186 Å². The number of rotatable bonds is 5. The van der Waals surface area contributed by atoms with Gasteiger partial charge in [-0.15, -0.1) is 0 Å². The van der Waals surface area contributed by atoms with Gasteiger partial charge in [0, 0.05) is 26.0 Å². The van der Waals surface area contributed by atoms with Crippen molar-refractivity contribution < 1.29 is 8.42 Å². The molecule has 0 unspecified atom stereocenters. The maximum absolute atomic E-state index is 13.2. The second-order valence-electron chi connectivity index (χ2n) is 6.85. The molecule has 4 nitrogen and oxygen atoms in total. The summed E-state index contributed by atoms with van der Waals surface area (Å²) < 4.78 is 31.1. The van der Waals surface area contributed by atoms with Crippen molar-refractivity contribution >= 4 is 52.8 Å². The molecule has 148 valence electrons. The largest absolute Gasteiger partial charge is 0.361 e. The van der Waals surface area contributed by atoms with Gasteiger partial charge >= 0.3 is 0 Å². The minimum Gasteiger partial charge on any atom is -0.361 e. The van der Waals surface area contributed by atoms with Crippen molar-refractivity contribution in [1.29, 1.82) is 0 Å². The number of halogens is 2. The molecular formula is C22H18Br2N2O2S. The molecule has 1 atom stereocenters. The smallest absolute Gasteiger partial charge is 0.241 e. The van der Waals surface area contributed by atoms with Gasteiger partial charge in [-0.2, -0.15) is 4.72 Å². The van der Waals surface area contributed by atoms with Crippen molar-refractivity contribution in [2.24, 2.45) is 0 Å². The predicted molar refractivity (Wildman–Crippen MR) is 123 cm³/mol. The van der Waals surface area contributed by atoms with Crippen LogP contribution in [0.5, 0.6) is 0 Å². The van der Waals surface area contributed by atoms with Gasteiger partial charge < -0.3 is 4.98 Å². The fourth-order valence-electron chi connectivity index (χ4n) is 3.26. The lowest BCUT2D eigenvalue weighted by Crippen LogP contribution is -2.29. The second-order valence-corrected chi connectivity index (χ2v) is 10.4. The first-order valence-electron chi connectivity index (χ1n) is 8.94. The van der Waals surface area contributed by atoms with Crippen LogP contribution in [0.3, 0.4) is 0 Å². The van der Waals surface area contributed by atoms with Crippen LogP contribution in [0.4, 0.5) is 0 Å². The number of benzene rings is 3. The zero-order valence-corrected chi connectivity index (χ0v) is 19.5. The molecule has 3 aromatic carbocycles. The van der Waals surface area contributed by atoms with Crippen LogP contribution in [0.15, 0.2) is 86.8 Å². The third-order valence-corrected chi connectivity index (χ3v) is 7.26. The van der Waals surface area contributed by atoms with Crippen LogP contribution in [0.2, 0.25) is 0 Å². The third-order valence-electron chi connectivity index (χ3n) is 4.79. The van der Waals surface area contributed by atoms with Crippen molar-refractivity contribution in [1.82, 2.24) is 9.71 Å². The molecule has 7 heteroatoms. The van der Waals surface area contributed by atoms with Crippen LogP contribution < -0.4 is 4.72 Å². The molecule has 0 radical (unpaired) electrons. The van der Waals surface area contributed by atoms with Crippen molar-refractivity contribution in [2.75, 3.05) is 0 Å². The highest BCUT2D eigenvalue weighted by molar-refractivity contribution is 9.10. The van der Waals surface area contributed by atoms with Gasteiger partial charge in [-0.05, 0) is 60.5 Å². The number of H-pyrrole nitrogens is 1. The van der Waals surface area contributed by atoms with E-state index in [1.807, 2.05) is 55.6 Å². The summed E-state index contributed by atoms with van der Waals surface area (Å²) in [4.78, 5) is 3.49. The Morgan fingerprint density at radius 3 is 2.24 bits per heavy atom. The maximum atomic E-state index is 13.2. The Morgan fingerprint density at radius 2 is 1.55 bits per heavy atom. The number of aryl methyl sites for hydroxylation is 1. The first-order chi connectivity index (χ1) is 13.8. The third kappa shape index (κ3) is 4.33. The minimum absolute atomic E-state index is 0.242. The van der Waals surface area contributed by atoms with Gasteiger partial charge in [-0.1, -0.05) is 61.7 Å². The average molecular weight is 534 g/mol. The molecule has 0 aliphatic carbocycles. The summed E-state index contributed by atoms with van der Waals surface area (Å²) in [5.41, 5.74) is 3.67. The van der Waals surface area contributed by atoms with Gasteiger partial charge in [0.2, 0.25) is 10.0 Å². The first-order valence-corrected chi connectivity index (χ1v) is 12.0. The van der Waals surface area contributed by atoms with E-state index in [-0.39, 0.29) is 4.90 Å². The van der Waals surface area contributed by atoms with Crippen molar-refractivity contribution in [3.05, 3.63) is 98.6 Å². The van der Waals surface area contributed by atoms with E-state index < -0.39 is 16.1 Å². The molecule has 0 bridgehead atoms. The van der Waals surface area contributed by atoms with Gasteiger partial charge in [-0.3, -0.25) is 0 Å². The number of nitrogens with one attached hydrogen (secondary N) is 2. The van der Waals surface area contributed by atoms with E-state index in [1.165, 1.54) is 0 Å². The van der Waals surface area contributed by atoms with Crippen LogP contribution >= 0.6 is 31.9 Å². The summed E-state index contributed by atoms with van der Waals surface area (Å²) in [6.45, 7) is 1.93. The molecule has 0 spiro atoms. The summed E-state index contributed by atoms with van der Waals surface area (Å²) >= 11 is 6.96. The van der Waals surface area contributed by atoms with Crippen molar-refractivity contribution in [2.45, 2.75) is 17.9 Å². The summed E-state index contributed by atoms with van der Waals surface area (Å²) in [7, 11) is -3.73. The lowest BCUT2D eigenvalue weighted by Gasteiger charge is -2.19. The minimum atomic E-state index is -3.73. The Balaban J connectivity index is 1.83. The molecule has 0 aliphatic heterocycles. The standard InChI is InChI=1S/C22H18Br2N2O2S/c1-14-2-9-18(10-3-14)29(27,28)26-22(15-4-6-16(23)7-5-15)20-13-25-21-11-8-17(24)12-19(20)21/h2-13,22,25-26H,1H3/t22-/m0/s1. The van der Waals surface area contributed by atoms with E-state index in [2.05, 4.69) is 41.6 Å². The SMILES string of the molecule is Cc1ccc(S(=O)(=O)N[C@@H](c2ccc(Br)cc2)c2c[nH]c3ccc(Br)cc23)cc1. The van der Waals surface area contributed by atoms with E-state index in [0.717, 1.165) is 36.5 Å². The van der Waals surface area contributed by atoms with E-state index in [1.54, 1.807) is 24.3 Å². The van der Waals surface area contributed by atoms with Crippen LogP contribution in [-0.4, -0.2) is 13.4 Å². The zero-order valence-electron chi connectivity index (χ0n) is 15.5. The quantitative estimate of drug-likeness (QED) is 0.327. The molecule has 2 N–H and O–H groups in total. The lowest BCUT2D eigenvalue weighted by molar-refractivity contribution is 0.572. The summed E-state index contributed by atoms with van der Waals surface area (Å²) in [5, 5.41) is 0.957. The summed E-state index contributed by atoms with van der Waals surface area (Å²) in [6, 6.07) is 19.9. The average Bonchev–Trinajstić information content (AvgIpc) is 3.10. The molecule has 4 aromatic rings. The second kappa shape index (κ2) is 8.07. The van der Waals surface area contributed by atoms with Crippen LogP contribution in [0.1, 0.15) is 22.7 Å². The van der Waals surface area contributed by atoms with E-state index in [0.29, 0.717) is 0 Å². The molecule has 0 saturated carbocycles. The summed E-state index contributed by atoms with van der Waals surface area (Å²) in [5.74, 6) is 0. The van der Waals surface area contributed by atoms with Gasteiger partial charge in [0.1, 0.15) is 0 Å². The number of hydrogen-bond acceptors (Lipinski definition) is 2.